The van der Waals surface area contributed by atoms with Gasteiger partial charge in [-0.3, -0.25) is 0 Å². The third-order valence-electron chi connectivity index (χ3n) is 8.36. The first-order valence-electron chi connectivity index (χ1n) is 13.7. The Kier molecular flexibility index (Phi) is 4.36. The van der Waals surface area contributed by atoms with Crippen molar-refractivity contribution in [3.8, 4) is 39.4 Å². The minimum atomic E-state index is 0.904. The standard InChI is InChI=1S/C38H23NO/c1-2-12-27(13-3-1)39-32-17-5-4-14-30(32)38-33(39)21-19-25-10-6-15-28(37(25)38)26-20-22-34-31(23-26)29-16-7-9-24-11-8-18-35(40-34)36(24)29/h1-23H. The van der Waals surface area contributed by atoms with Crippen molar-refractivity contribution >= 4 is 43.4 Å². The molecule has 7 aromatic carbocycles. The van der Waals surface area contributed by atoms with Crippen LogP contribution in [-0.2, 0) is 0 Å². The van der Waals surface area contributed by atoms with E-state index in [0.29, 0.717) is 0 Å². The molecule has 0 aliphatic carbocycles. The van der Waals surface area contributed by atoms with Crippen LogP contribution < -0.4 is 4.74 Å². The van der Waals surface area contributed by atoms with Crippen LogP contribution in [0.1, 0.15) is 0 Å². The highest BCUT2D eigenvalue weighted by Gasteiger charge is 2.22. The summed E-state index contributed by atoms with van der Waals surface area (Å²) in [6, 6.07) is 50.1. The molecule has 0 unspecified atom stereocenters. The van der Waals surface area contributed by atoms with Gasteiger partial charge in [-0.05, 0) is 75.3 Å². The van der Waals surface area contributed by atoms with Gasteiger partial charge in [0.1, 0.15) is 11.5 Å². The summed E-state index contributed by atoms with van der Waals surface area (Å²) < 4.78 is 8.79. The molecule has 2 heteroatoms. The molecular weight excluding hydrogens is 486 g/mol. The molecule has 40 heavy (non-hydrogen) atoms. The van der Waals surface area contributed by atoms with Crippen molar-refractivity contribution in [2.45, 2.75) is 0 Å². The van der Waals surface area contributed by atoms with Crippen LogP contribution in [0.2, 0.25) is 0 Å². The van der Waals surface area contributed by atoms with E-state index >= 15 is 0 Å². The molecule has 0 fully saturated rings. The second kappa shape index (κ2) is 8.08. The van der Waals surface area contributed by atoms with Gasteiger partial charge in [-0.2, -0.15) is 0 Å². The normalized spacial score (nSPS) is 12.2. The minimum Gasteiger partial charge on any atom is -0.456 e. The molecule has 0 spiro atoms. The van der Waals surface area contributed by atoms with Gasteiger partial charge in [-0.15, -0.1) is 0 Å². The lowest BCUT2D eigenvalue weighted by Gasteiger charge is -2.22. The number of fused-ring (bicyclic) bond motifs is 7. The second-order valence-electron chi connectivity index (χ2n) is 10.5. The summed E-state index contributed by atoms with van der Waals surface area (Å²) in [5, 5.41) is 7.45. The molecule has 2 heterocycles. The average Bonchev–Trinajstić information content (AvgIpc) is 3.36. The molecule has 0 saturated carbocycles. The topological polar surface area (TPSA) is 14.2 Å². The van der Waals surface area contributed by atoms with Crippen LogP contribution in [0.5, 0.6) is 11.5 Å². The molecular formula is C38H23NO. The van der Waals surface area contributed by atoms with Crippen LogP contribution in [0.25, 0.3) is 71.3 Å². The summed E-state index contributed by atoms with van der Waals surface area (Å²) in [6.45, 7) is 0. The summed E-state index contributed by atoms with van der Waals surface area (Å²) in [4.78, 5) is 0. The highest BCUT2D eigenvalue weighted by molar-refractivity contribution is 6.25. The molecule has 0 N–H and O–H groups in total. The highest BCUT2D eigenvalue weighted by Crippen LogP contribution is 2.48. The van der Waals surface area contributed by atoms with E-state index in [2.05, 4.69) is 144 Å². The van der Waals surface area contributed by atoms with E-state index in [1.807, 2.05) is 0 Å². The second-order valence-corrected chi connectivity index (χ2v) is 10.5. The SMILES string of the molecule is c1ccc(-n2c3ccccc3c3c4c(-c5ccc6c(c5)-c5cccc7cccc(c57)O6)cccc4ccc32)cc1. The summed E-state index contributed by atoms with van der Waals surface area (Å²) in [5.74, 6) is 1.83. The van der Waals surface area contributed by atoms with Crippen molar-refractivity contribution in [3.63, 3.8) is 0 Å². The van der Waals surface area contributed by atoms with Gasteiger partial charge < -0.3 is 9.30 Å². The van der Waals surface area contributed by atoms with Crippen molar-refractivity contribution in [3.05, 3.63) is 140 Å². The van der Waals surface area contributed by atoms with Crippen LogP contribution >= 0.6 is 0 Å². The first kappa shape index (κ1) is 21.6. The Labute approximate surface area is 231 Å². The fraction of sp³-hybridized carbons (Fsp3) is 0. The van der Waals surface area contributed by atoms with E-state index < -0.39 is 0 Å². The van der Waals surface area contributed by atoms with Gasteiger partial charge in [0.2, 0.25) is 0 Å². The largest absolute Gasteiger partial charge is 0.456 e. The Morgan fingerprint density at radius 3 is 2.05 bits per heavy atom. The predicted molar refractivity (Wildman–Crippen MR) is 167 cm³/mol. The fourth-order valence-electron chi connectivity index (χ4n) is 6.66. The van der Waals surface area contributed by atoms with Gasteiger partial charge in [-0.1, -0.05) is 97.1 Å². The van der Waals surface area contributed by atoms with E-state index in [0.717, 1.165) is 17.1 Å². The molecule has 0 radical (unpaired) electrons. The molecule has 186 valence electrons. The number of benzene rings is 7. The van der Waals surface area contributed by atoms with Gasteiger partial charge in [0.05, 0.1) is 11.0 Å². The number of para-hydroxylation sites is 2. The lowest BCUT2D eigenvalue weighted by molar-refractivity contribution is 0.487. The highest BCUT2D eigenvalue weighted by atomic mass is 16.5. The van der Waals surface area contributed by atoms with Gasteiger partial charge in [0.15, 0.2) is 0 Å². The van der Waals surface area contributed by atoms with Gasteiger partial charge in [0.25, 0.3) is 0 Å². The molecule has 0 bridgehead atoms. The summed E-state index contributed by atoms with van der Waals surface area (Å²) in [7, 11) is 0. The monoisotopic (exact) mass is 509 g/mol. The molecule has 2 nitrogen and oxygen atoms in total. The third-order valence-corrected chi connectivity index (χ3v) is 8.36. The third kappa shape index (κ3) is 2.93. The van der Waals surface area contributed by atoms with E-state index in [-0.39, 0.29) is 0 Å². The van der Waals surface area contributed by atoms with E-state index in [9.17, 15) is 0 Å². The molecule has 1 aliphatic heterocycles. The van der Waals surface area contributed by atoms with Crippen LogP contribution in [0.4, 0.5) is 0 Å². The number of aromatic nitrogens is 1. The molecule has 0 atom stereocenters. The Morgan fingerprint density at radius 2 is 1.18 bits per heavy atom. The van der Waals surface area contributed by atoms with Crippen LogP contribution in [-0.4, -0.2) is 4.57 Å². The lowest BCUT2D eigenvalue weighted by Crippen LogP contribution is -1.97. The number of ether oxygens (including phenoxy) is 1. The maximum atomic E-state index is 6.40. The van der Waals surface area contributed by atoms with Crippen molar-refractivity contribution in [2.75, 3.05) is 0 Å². The van der Waals surface area contributed by atoms with Gasteiger partial charge in [-0.25, -0.2) is 0 Å². The smallest absolute Gasteiger partial charge is 0.135 e. The molecule has 0 saturated heterocycles. The van der Waals surface area contributed by atoms with E-state index in [1.165, 1.54) is 65.7 Å². The number of nitrogens with zero attached hydrogens (tertiary/aromatic N) is 1. The van der Waals surface area contributed by atoms with Gasteiger partial charge in [0, 0.05) is 27.4 Å². The van der Waals surface area contributed by atoms with Crippen LogP contribution in [0.3, 0.4) is 0 Å². The Bertz CT molecular complexity index is 2290. The van der Waals surface area contributed by atoms with Crippen LogP contribution in [0, 0.1) is 0 Å². The number of hydrogen-bond donors (Lipinski definition) is 0. The zero-order valence-electron chi connectivity index (χ0n) is 21.6. The number of hydrogen-bond acceptors (Lipinski definition) is 1. The first-order valence-corrected chi connectivity index (χ1v) is 13.7. The average molecular weight is 510 g/mol. The van der Waals surface area contributed by atoms with E-state index in [4.69, 9.17) is 4.74 Å². The molecule has 8 aromatic rings. The maximum Gasteiger partial charge on any atom is 0.135 e. The molecule has 9 rings (SSSR count). The predicted octanol–water partition coefficient (Wildman–Crippen LogP) is 10.5. The van der Waals surface area contributed by atoms with E-state index in [1.54, 1.807) is 0 Å². The first-order chi connectivity index (χ1) is 19.8. The van der Waals surface area contributed by atoms with Crippen molar-refractivity contribution in [1.29, 1.82) is 0 Å². The number of rotatable bonds is 2. The quantitative estimate of drug-likeness (QED) is 0.226. The molecule has 1 aliphatic rings. The lowest BCUT2D eigenvalue weighted by atomic mass is 9.90. The molecule has 0 amide bonds. The van der Waals surface area contributed by atoms with Crippen molar-refractivity contribution < 1.29 is 4.74 Å². The maximum absolute atomic E-state index is 6.40. The summed E-state index contributed by atoms with van der Waals surface area (Å²) >= 11 is 0. The Balaban J connectivity index is 1.36. The minimum absolute atomic E-state index is 0.904. The zero-order chi connectivity index (χ0) is 26.2. The summed E-state index contributed by atoms with van der Waals surface area (Å²) in [6.07, 6.45) is 0. The fourth-order valence-corrected chi connectivity index (χ4v) is 6.66. The van der Waals surface area contributed by atoms with Crippen molar-refractivity contribution in [2.24, 2.45) is 0 Å². The molecule has 1 aromatic heterocycles. The van der Waals surface area contributed by atoms with Crippen molar-refractivity contribution in [1.82, 2.24) is 4.57 Å². The zero-order valence-corrected chi connectivity index (χ0v) is 21.6. The van der Waals surface area contributed by atoms with Crippen LogP contribution in [0.15, 0.2) is 140 Å². The Hall–Kier alpha value is -5.34. The summed E-state index contributed by atoms with van der Waals surface area (Å²) in [5.41, 5.74) is 8.38. The van der Waals surface area contributed by atoms with Gasteiger partial charge >= 0.3 is 0 Å². The Morgan fingerprint density at radius 1 is 0.425 bits per heavy atom.